The van der Waals surface area contributed by atoms with E-state index in [1.807, 2.05) is 51.1 Å². The van der Waals surface area contributed by atoms with E-state index in [1.54, 1.807) is 36.4 Å². The van der Waals surface area contributed by atoms with E-state index in [4.69, 9.17) is 4.74 Å². The van der Waals surface area contributed by atoms with Gasteiger partial charge in [0.25, 0.3) is 5.91 Å². The van der Waals surface area contributed by atoms with Crippen molar-refractivity contribution in [1.29, 1.82) is 0 Å². The van der Waals surface area contributed by atoms with Crippen LogP contribution in [0.4, 0.5) is 5.69 Å². The van der Waals surface area contributed by atoms with Gasteiger partial charge in [0.05, 0.1) is 11.3 Å². The van der Waals surface area contributed by atoms with Crippen LogP contribution in [0, 0.1) is 6.92 Å². The topological polar surface area (TPSA) is 66.8 Å². The van der Waals surface area contributed by atoms with Gasteiger partial charge in [-0.3, -0.25) is 4.79 Å². The van der Waals surface area contributed by atoms with Gasteiger partial charge in [-0.15, -0.1) is 0 Å². The number of anilines is 1. The highest BCUT2D eigenvalue weighted by molar-refractivity contribution is 6.09. The Morgan fingerprint density at radius 1 is 0.897 bits per heavy atom. The van der Waals surface area contributed by atoms with E-state index in [0.29, 0.717) is 22.7 Å². The van der Waals surface area contributed by atoms with Crippen LogP contribution in [0.3, 0.4) is 0 Å². The standard InChI is InChI=1S/C24H23NO4/c1-16(2)25(23(26)18-11-9-17(3)10-12-18)22-14-13-20(15-21(22)24(27)28)29-19-7-5-4-6-8-19/h4-16H,1-3H3,(H,27,28). The molecule has 0 aliphatic carbocycles. The molecule has 148 valence electrons. The molecule has 0 saturated carbocycles. The summed E-state index contributed by atoms with van der Waals surface area (Å²) in [5.41, 5.74) is 1.89. The molecule has 0 spiro atoms. The number of rotatable bonds is 6. The van der Waals surface area contributed by atoms with Crippen LogP contribution in [-0.2, 0) is 0 Å². The van der Waals surface area contributed by atoms with E-state index in [0.717, 1.165) is 5.56 Å². The summed E-state index contributed by atoms with van der Waals surface area (Å²) in [7, 11) is 0. The third-order valence-corrected chi connectivity index (χ3v) is 4.47. The van der Waals surface area contributed by atoms with Gasteiger partial charge in [0.1, 0.15) is 11.5 Å². The van der Waals surface area contributed by atoms with Gasteiger partial charge in [-0.2, -0.15) is 0 Å². The number of aromatic carboxylic acids is 1. The van der Waals surface area contributed by atoms with E-state index < -0.39 is 5.97 Å². The molecule has 29 heavy (non-hydrogen) atoms. The summed E-state index contributed by atoms with van der Waals surface area (Å²) >= 11 is 0. The number of hydrogen-bond acceptors (Lipinski definition) is 3. The molecular formula is C24H23NO4. The fourth-order valence-corrected chi connectivity index (χ4v) is 3.04. The lowest BCUT2D eigenvalue weighted by molar-refractivity contribution is 0.0697. The molecule has 0 aliphatic heterocycles. The molecule has 5 nitrogen and oxygen atoms in total. The fraction of sp³-hybridized carbons (Fsp3) is 0.167. The maximum atomic E-state index is 13.2. The van der Waals surface area contributed by atoms with Crippen LogP contribution >= 0.6 is 0 Å². The Labute approximate surface area is 170 Å². The largest absolute Gasteiger partial charge is 0.478 e. The Morgan fingerprint density at radius 2 is 1.55 bits per heavy atom. The molecule has 0 atom stereocenters. The average Bonchev–Trinajstić information content (AvgIpc) is 2.70. The van der Waals surface area contributed by atoms with E-state index in [9.17, 15) is 14.7 Å². The summed E-state index contributed by atoms with van der Waals surface area (Å²) < 4.78 is 5.76. The number of para-hydroxylation sites is 1. The Balaban J connectivity index is 2.00. The van der Waals surface area contributed by atoms with Gasteiger partial charge in [0.15, 0.2) is 0 Å². The first-order valence-electron chi connectivity index (χ1n) is 9.37. The number of aryl methyl sites for hydroxylation is 1. The Kier molecular flexibility index (Phi) is 5.98. The van der Waals surface area contributed by atoms with Crippen molar-refractivity contribution in [3.05, 3.63) is 89.5 Å². The summed E-state index contributed by atoms with van der Waals surface area (Å²) in [4.78, 5) is 26.6. The van der Waals surface area contributed by atoms with E-state index in [-0.39, 0.29) is 17.5 Å². The SMILES string of the molecule is Cc1ccc(C(=O)N(c2ccc(Oc3ccccc3)cc2C(=O)O)C(C)C)cc1. The van der Waals surface area contributed by atoms with Crippen molar-refractivity contribution in [3.8, 4) is 11.5 Å². The fourth-order valence-electron chi connectivity index (χ4n) is 3.04. The molecule has 0 aromatic heterocycles. The van der Waals surface area contributed by atoms with Gasteiger partial charge in [-0.05, 0) is 63.2 Å². The summed E-state index contributed by atoms with van der Waals surface area (Å²) in [6, 6.07) is 20.8. The molecule has 0 fully saturated rings. The Morgan fingerprint density at radius 3 is 2.14 bits per heavy atom. The third-order valence-electron chi connectivity index (χ3n) is 4.47. The van der Waals surface area contributed by atoms with Crippen molar-refractivity contribution in [1.82, 2.24) is 0 Å². The zero-order chi connectivity index (χ0) is 21.0. The Bertz CT molecular complexity index is 1010. The maximum Gasteiger partial charge on any atom is 0.337 e. The molecule has 0 bridgehead atoms. The second-order valence-electron chi connectivity index (χ2n) is 7.03. The van der Waals surface area contributed by atoms with Gasteiger partial charge >= 0.3 is 5.97 Å². The Hall–Kier alpha value is -3.60. The minimum absolute atomic E-state index is 0.00703. The lowest BCUT2D eigenvalue weighted by Gasteiger charge is -2.28. The van der Waals surface area contributed by atoms with Gasteiger partial charge in [0.2, 0.25) is 0 Å². The first kappa shape index (κ1) is 20.1. The lowest BCUT2D eigenvalue weighted by Crippen LogP contribution is -2.38. The number of amides is 1. The molecule has 3 rings (SSSR count). The summed E-state index contributed by atoms with van der Waals surface area (Å²) in [6.45, 7) is 5.65. The molecular weight excluding hydrogens is 366 g/mol. The normalized spacial score (nSPS) is 10.6. The monoisotopic (exact) mass is 389 g/mol. The van der Waals surface area contributed by atoms with E-state index in [1.165, 1.54) is 11.0 Å². The predicted molar refractivity (Wildman–Crippen MR) is 113 cm³/mol. The van der Waals surface area contributed by atoms with Crippen molar-refractivity contribution < 1.29 is 19.4 Å². The highest BCUT2D eigenvalue weighted by Gasteiger charge is 2.25. The zero-order valence-corrected chi connectivity index (χ0v) is 16.6. The molecule has 0 heterocycles. The van der Waals surface area contributed by atoms with Crippen LogP contribution in [0.15, 0.2) is 72.8 Å². The predicted octanol–water partition coefficient (Wildman–Crippen LogP) is 5.54. The van der Waals surface area contributed by atoms with Crippen molar-refractivity contribution in [2.75, 3.05) is 4.90 Å². The van der Waals surface area contributed by atoms with Crippen LogP contribution < -0.4 is 9.64 Å². The first-order valence-corrected chi connectivity index (χ1v) is 9.37. The van der Waals surface area contributed by atoms with Crippen molar-refractivity contribution in [2.24, 2.45) is 0 Å². The molecule has 1 N–H and O–H groups in total. The maximum absolute atomic E-state index is 13.2. The number of nitrogens with zero attached hydrogens (tertiary/aromatic N) is 1. The molecule has 0 aliphatic rings. The summed E-state index contributed by atoms with van der Waals surface area (Å²) in [6.07, 6.45) is 0. The second-order valence-corrected chi connectivity index (χ2v) is 7.03. The molecule has 5 heteroatoms. The molecule has 3 aromatic rings. The molecule has 0 saturated heterocycles. The molecule has 0 unspecified atom stereocenters. The van der Waals surface area contributed by atoms with Crippen molar-refractivity contribution in [2.45, 2.75) is 26.8 Å². The van der Waals surface area contributed by atoms with Crippen molar-refractivity contribution in [3.63, 3.8) is 0 Å². The van der Waals surface area contributed by atoms with E-state index >= 15 is 0 Å². The van der Waals surface area contributed by atoms with Crippen LogP contribution in [-0.4, -0.2) is 23.0 Å². The zero-order valence-electron chi connectivity index (χ0n) is 16.6. The minimum atomic E-state index is -1.12. The summed E-state index contributed by atoms with van der Waals surface area (Å²) in [5.74, 6) is -0.378. The van der Waals surface area contributed by atoms with Crippen LogP contribution in [0.5, 0.6) is 11.5 Å². The second kappa shape index (κ2) is 8.61. The number of carboxylic acids is 1. The average molecular weight is 389 g/mol. The highest BCUT2D eigenvalue weighted by atomic mass is 16.5. The highest BCUT2D eigenvalue weighted by Crippen LogP contribution is 2.31. The van der Waals surface area contributed by atoms with Crippen LogP contribution in [0.1, 0.15) is 40.1 Å². The first-order chi connectivity index (χ1) is 13.9. The van der Waals surface area contributed by atoms with E-state index in [2.05, 4.69) is 0 Å². The van der Waals surface area contributed by atoms with Gasteiger partial charge in [0, 0.05) is 11.6 Å². The number of hydrogen-bond donors (Lipinski definition) is 1. The van der Waals surface area contributed by atoms with Gasteiger partial charge in [-0.25, -0.2) is 4.79 Å². The van der Waals surface area contributed by atoms with Crippen LogP contribution in [0.25, 0.3) is 0 Å². The smallest absolute Gasteiger partial charge is 0.337 e. The minimum Gasteiger partial charge on any atom is -0.478 e. The number of carbonyl (C=O) groups excluding carboxylic acids is 1. The summed E-state index contributed by atoms with van der Waals surface area (Å²) in [5, 5.41) is 9.78. The number of carboxylic acid groups (broad SMARTS) is 1. The quantitative estimate of drug-likeness (QED) is 0.601. The third kappa shape index (κ3) is 4.63. The number of carbonyl (C=O) groups is 2. The molecule has 0 radical (unpaired) electrons. The number of benzene rings is 3. The molecule has 1 amide bonds. The lowest BCUT2D eigenvalue weighted by atomic mass is 10.1. The van der Waals surface area contributed by atoms with Gasteiger partial charge < -0.3 is 14.7 Å². The van der Waals surface area contributed by atoms with Crippen molar-refractivity contribution >= 4 is 17.6 Å². The molecule has 3 aromatic carbocycles. The van der Waals surface area contributed by atoms with Gasteiger partial charge in [-0.1, -0.05) is 35.9 Å². The number of ether oxygens (including phenoxy) is 1. The van der Waals surface area contributed by atoms with Crippen LogP contribution in [0.2, 0.25) is 0 Å².